The Morgan fingerprint density at radius 1 is 1.71 bits per heavy atom. The van der Waals surface area contributed by atoms with Crippen molar-refractivity contribution in [2.75, 3.05) is 30.5 Å². The van der Waals surface area contributed by atoms with Crippen LogP contribution in [-0.4, -0.2) is 35.3 Å². The number of anilines is 2. The molecule has 7 heteroatoms. The Kier molecular flexibility index (Phi) is 3.55. The zero-order valence-corrected chi connectivity index (χ0v) is 7.74. The van der Waals surface area contributed by atoms with Gasteiger partial charge in [0.15, 0.2) is 11.6 Å². The fraction of sp³-hybridized carbons (Fsp3) is 0.429. The van der Waals surface area contributed by atoms with Crippen LogP contribution >= 0.6 is 0 Å². The summed E-state index contributed by atoms with van der Waals surface area (Å²) in [5.41, 5.74) is 2.21. The predicted octanol–water partition coefficient (Wildman–Crippen LogP) is -0.670. The number of halogens is 1. The summed E-state index contributed by atoms with van der Waals surface area (Å²) in [6, 6.07) is 0. The van der Waals surface area contributed by atoms with E-state index in [1.807, 2.05) is 0 Å². The Morgan fingerprint density at radius 2 is 2.43 bits per heavy atom. The van der Waals surface area contributed by atoms with Crippen molar-refractivity contribution in [2.24, 2.45) is 5.84 Å². The lowest BCUT2D eigenvalue weighted by molar-refractivity contribution is 0.303. The Bertz CT molecular complexity index is 308. The van der Waals surface area contributed by atoms with E-state index in [9.17, 15) is 4.39 Å². The number of rotatable bonds is 4. The van der Waals surface area contributed by atoms with Crippen LogP contribution in [0.4, 0.5) is 16.2 Å². The first-order chi connectivity index (χ1) is 6.69. The highest BCUT2D eigenvalue weighted by Crippen LogP contribution is 2.14. The van der Waals surface area contributed by atoms with Crippen LogP contribution in [0.5, 0.6) is 0 Å². The van der Waals surface area contributed by atoms with Crippen LogP contribution in [0.25, 0.3) is 0 Å². The lowest BCUT2D eigenvalue weighted by atomic mass is 10.5. The summed E-state index contributed by atoms with van der Waals surface area (Å²) in [4.78, 5) is 8.86. The third-order valence-electron chi connectivity index (χ3n) is 1.65. The van der Waals surface area contributed by atoms with Crippen molar-refractivity contribution < 1.29 is 9.50 Å². The molecule has 0 aliphatic rings. The van der Waals surface area contributed by atoms with E-state index < -0.39 is 5.82 Å². The van der Waals surface area contributed by atoms with E-state index in [2.05, 4.69) is 15.4 Å². The van der Waals surface area contributed by atoms with Crippen LogP contribution in [0.2, 0.25) is 0 Å². The monoisotopic (exact) mass is 201 g/mol. The molecule has 0 aliphatic heterocycles. The van der Waals surface area contributed by atoms with Gasteiger partial charge in [0.05, 0.1) is 12.8 Å². The first-order valence-electron chi connectivity index (χ1n) is 4.00. The zero-order valence-electron chi connectivity index (χ0n) is 7.74. The minimum atomic E-state index is -0.556. The van der Waals surface area contributed by atoms with Gasteiger partial charge in [0.1, 0.15) is 0 Å². The average molecular weight is 201 g/mol. The van der Waals surface area contributed by atoms with Gasteiger partial charge in [0.25, 0.3) is 0 Å². The number of aliphatic hydroxyl groups excluding tert-OH is 1. The van der Waals surface area contributed by atoms with Gasteiger partial charge in [-0.25, -0.2) is 15.2 Å². The molecular formula is C7H12FN5O. The Balaban J connectivity index is 2.93. The number of nitrogen functional groups attached to an aromatic ring is 1. The molecule has 0 saturated carbocycles. The molecule has 0 bridgehead atoms. The van der Waals surface area contributed by atoms with Crippen LogP contribution in [0.1, 0.15) is 0 Å². The molecule has 1 heterocycles. The molecule has 0 radical (unpaired) electrons. The number of nitrogens with one attached hydrogen (secondary N) is 1. The van der Waals surface area contributed by atoms with E-state index >= 15 is 0 Å². The Labute approximate surface area is 80.5 Å². The van der Waals surface area contributed by atoms with Gasteiger partial charge in [-0.15, -0.1) is 0 Å². The molecule has 0 atom stereocenters. The minimum absolute atomic E-state index is 0.0780. The molecule has 0 saturated heterocycles. The summed E-state index contributed by atoms with van der Waals surface area (Å²) >= 11 is 0. The minimum Gasteiger partial charge on any atom is -0.395 e. The maximum absolute atomic E-state index is 13.2. The van der Waals surface area contributed by atoms with Crippen molar-refractivity contribution in [1.82, 2.24) is 9.97 Å². The Hall–Kier alpha value is -1.47. The van der Waals surface area contributed by atoms with Gasteiger partial charge >= 0.3 is 0 Å². The molecule has 14 heavy (non-hydrogen) atoms. The quantitative estimate of drug-likeness (QED) is 0.442. The van der Waals surface area contributed by atoms with Gasteiger partial charge in [-0.05, 0) is 0 Å². The number of nitrogens with two attached hydrogens (primary N) is 1. The van der Waals surface area contributed by atoms with Crippen LogP contribution in [0.15, 0.2) is 6.20 Å². The van der Waals surface area contributed by atoms with E-state index in [1.54, 1.807) is 7.05 Å². The van der Waals surface area contributed by atoms with Crippen molar-refractivity contribution in [3.8, 4) is 0 Å². The highest BCUT2D eigenvalue weighted by Gasteiger charge is 2.10. The smallest absolute Gasteiger partial charge is 0.239 e. The second-order valence-corrected chi connectivity index (χ2v) is 2.65. The summed E-state index contributed by atoms with van der Waals surface area (Å²) in [7, 11) is 1.61. The summed E-state index contributed by atoms with van der Waals surface area (Å²) in [6.45, 7) is 0.212. The van der Waals surface area contributed by atoms with E-state index in [0.29, 0.717) is 0 Å². The van der Waals surface area contributed by atoms with Gasteiger partial charge < -0.3 is 10.0 Å². The lowest BCUT2D eigenvalue weighted by Crippen LogP contribution is -2.24. The largest absolute Gasteiger partial charge is 0.395 e. The number of hydrogen-bond acceptors (Lipinski definition) is 6. The molecule has 0 aromatic carbocycles. The van der Waals surface area contributed by atoms with E-state index in [0.717, 1.165) is 6.20 Å². The van der Waals surface area contributed by atoms with Crippen molar-refractivity contribution in [3.05, 3.63) is 12.0 Å². The molecular weight excluding hydrogens is 189 g/mol. The molecule has 0 unspecified atom stereocenters. The van der Waals surface area contributed by atoms with Crippen molar-refractivity contribution in [2.45, 2.75) is 0 Å². The molecule has 1 aromatic heterocycles. The number of aliphatic hydroxyl groups is 1. The molecule has 4 N–H and O–H groups in total. The number of aromatic nitrogens is 2. The maximum atomic E-state index is 13.2. The number of likely N-dealkylation sites (N-methyl/N-ethyl adjacent to an activating group) is 1. The average Bonchev–Trinajstić information content (AvgIpc) is 2.19. The standard InChI is InChI=1S/C7H12FN5O/c1-13(2-3-14)6-5(8)4-10-7(11-6)12-9/h4,14H,2-3,9H2,1H3,(H,10,11,12). The van der Waals surface area contributed by atoms with Gasteiger partial charge in [0, 0.05) is 13.6 Å². The molecule has 0 fully saturated rings. The third-order valence-corrected chi connectivity index (χ3v) is 1.65. The van der Waals surface area contributed by atoms with E-state index in [-0.39, 0.29) is 24.9 Å². The van der Waals surface area contributed by atoms with Crippen LogP contribution < -0.4 is 16.2 Å². The molecule has 0 amide bonds. The summed E-state index contributed by atoms with van der Waals surface area (Å²) < 4.78 is 13.2. The van der Waals surface area contributed by atoms with Crippen molar-refractivity contribution in [3.63, 3.8) is 0 Å². The van der Waals surface area contributed by atoms with Crippen LogP contribution in [-0.2, 0) is 0 Å². The first kappa shape index (κ1) is 10.6. The van der Waals surface area contributed by atoms with Crippen LogP contribution in [0.3, 0.4) is 0 Å². The molecule has 0 spiro atoms. The second kappa shape index (κ2) is 4.68. The summed E-state index contributed by atoms with van der Waals surface area (Å²) in [6.07, 6.45) is 1.02. The van der Waals surface area contributed by atoms with Gasteiger partial charge in [0.2, 0.25) is 5.95 Å². The van der Waals surface area contributed by atoms with E-state index in [4.69, 9.17) is 10.9 Å². The fourth-order valence-corrected chi connectivity index (χ4v) is 0.951. The second-order valence-electron chi connectivity index (χ2n) is 2.65. The van der Waals surface area contributed by atoms with E-state index in [1.165, 1.54) is 4.90 Å². The molecule has 78 valence electrons. The Morgan fingerprint density at radius 3 is 3.00 bits per heavy atom. The topological polar surface area (TPSA) is 87.3 Å². The first-order valence-corrected chi connectivity index (χ1v) is 4.00. The molecule has 1 rings (SSSR count). The summed E-state index contributed by atoms with van der Waals surface area (Å²) in [5, 5.41) is 8.67. The number of hydrogen-bond donors (Lipinski definition) is 3. The predicted molar refractivity (Wildman–Crippen MR) is 50.2 cm³/mol. The fourth-order valence-electron chi connectivity index (χ4n) is 0.951. The third kappa shape index (κ3) is 2.27. The van der Waals surface area contributed by atoms with Gasteiger partial charge in [-0.1, -0.05) is 0 Å². The van der Waals surface area contributed by atoms with Crippen molar-refractivity contribution >= 4 is 11.8 Å². The lowest BCUT2D eigenvalue weighted by Gasteiger charge is -2.17. The van der Waals surface area contributed by atoms with Crippen molar-refractivity contribution in [1.29, 1.82) is 0 Å². The molecule has 1 aromatic rings. The highest BCUT2D eigenvalue weighted by molar-refractivity contribution is 5.42. The molecule has 6 nitrogen and oxygen atoms in total. The van der Waals surface area contributed by atoms with Gasteiger partial charge in [-0.2, -0.15) is 4.98 Å². The molecule has 0 aliphatic carbocycles. The highest BCUT2D eigenvalue weighted by atomic mass is 19.1. The zero-order chi connectivity index (χ0) is 10.6. The summed E-state index contributed by atoms with van der Waals surface area (Å²) in [5.74, 6) is 4.75. The maximum Gasteiger partial charge on any atom is 0.239 e. The SMILES string of the molecule is CN(CCO)c1nc(NN)ncc1F. The normalized spacial score (nSPS) is 10.0. The number of nitrogens with zero attached hydrogens (tertiary/aromatic N) is 3. The van der Waals surface area contributed by atoms with Gasteiger partial charge in [-0.3, -0.25) is 5.43 Å². The number of hydrazine groups is 1. The van der Waals surface area contributed by atoms with Crippen LogP contribution in [0, 0.1) is 5.82 Å².